The summed E-state index contributed by atoms with van der Waals surface area (Å²) in [5.41, 5.74) is 0.181. The summed E-state index contributed by atoms with van der Waals surface area (Å²) < 4.78 is 18.7. The molecular formula is C18H19ClFN3O2. The van der Waals surface area contributed by atoms with E-state index in [1.807, 2.05) is 11.8 Å². The van der Waals surface area contributed by atoms with Crippen molar-refractivity contribution in [2.24, 2.45) is 5.92 Å². The van der Waals surface area contributed by atoms with Crippen molar-refractivity contribution in [2.75, 3.05) is 13.1 Å². The van der Waals surface area contributed by atoms with Gasteiger partial charge in [-0.15, -0.1) is 0 Å². The lowest BCUT2D eigenvalue weighted by Gasteiger charge is -2.24. The predicted octanol–water partition coefficient (Wildman–Crippen LogP) is 3.62. The Morgan fingerprint density at radius 1 is 1.52 bits per heavy atom. The molecule has 2 heterocycles. The quantitative estimate of drug-likeness (QED) is 0.835. The smallest absolute Gasteiger partial charge is 0.253 e. The second kappa shape index (κ2) is 6.09. The molecule has 2 fully saturated rings. The molecule has 1 saturated carbocycles. The number of aromatic nitrogens is 2. The van der Waals surface area contributed by atoms with Gasteiger partial charge < -0.3 is 9.42 Å². The van der Waals surface area contributed by atoms with Gasteiger partial charge in [0.25, 0.3) is 5.91 Å². The van der Waals surface area contributed by atoms with Crippen LogP contribution >= 0.6 is 11.6 Å². The Labute approximate surface area is 150 Å². The Kier molecular flexibility index (Phi) is 4.02. The van der Waals surface area contributed by atoms with Gasteiger partial charge in [-0.25, -0.2) is 4.39 Å². The number of benzene rings is 1. The minimum Gasteiger partial charge on any atom is -0.339 e. The van der Waals surface area contributed by atoms with Gasteiger partial charge in [0.05, 0.1) is 10.4 Å². The van der Waals surface area contributed by atoms with Crippen molar-refractivity contribution in [2.45, 2.75) is 38.0 Å². The summed E-state index contributed by atoms with van der Waals surface area (Å²) >= 11 is 5.82. The molecule has 0 spiro atoms. The van der Waals surface area contributed by atoms with Gasteiger partial charge in [-0.2, -0.15) is 4.98 Å². The maximum absolute atomic E-state index is 13.4. The lowest BCUT2D eigenvalue weighted by molar-refractivity contribution is 0.0777. The van der Waals surface area contributed by atoms with E-state index in [-0.39, 0.29) is 16.3 Å². The molecule has 1 aliphatic heterocycles. The first kappa shape index (κ1) is 16.5. The van der Waals surface area contributed by atoms with Crippen LogP contribution in [0.2, 0.25) is 5.02 Å². The van der Waals surface area contributed by atoms with Crippen molar-refractivity contribution in [1.82, 2.24) is 15.0 Å². The van der Waals surface area contributed by atoms with Crippen molar-refractivity contribution in [1.29, 1.82) is 0 Å². The van der Waals surface area contributed by atoms with Gasteiger partial charge in [0.1, 0.15) is 5.82 Å². The second-order valence-electron chi connectivity index (χ2n) is 6.93. The zero-order chi connectivity index (χ0) is 17.6. The number of carbonyl (C=O) groups excluding carboxylic acids is 1. The Bertz CT molecular complexity index is 824. The Morgan fingerprint density at radius 2 is 2.36 bits per heavy atom. The molecule has 4 rings (SSSR count). The van der Waals surface area contributed by atoms with Crippen molar-refractivity contribution in [3.05, 3.63) is 46.3 Å². The van der Waals surface area contributed by atoms with Crippen LogP contribution in [-0.4, -0.2) is 34.0 Å². The number of rotatable bonds is 3. The van der Waals surface area contributed by atoms with E-state index in [1.165, 1.54) is 18.2 Å². The zero-order valence-corrected chi connectivity index (χ0v) is 14.7. The third-order valence-corrected chi connectivity index (χ3v) is 5.83. The summed E-state index contributed by atoms with van der Waals surface area (Å²) in [6, 6.07) is 4.10. The summed E-state index contributed by atoms with van der Waals surface area (Å²) in [5.74, 6) is 1.03. The highest BCUT2D eigenvalue weighted by atomic mass is 35.5. The summed E-state index contributed by atoms with van der Waals surface area (Å²) in [6.45, 7) is 3.20. The molecule has 2 aromatic rings. The average molecular weight is 364 g/mol. The lowest BCUT2D eigenvalue weighted by atomic mass is 9.80. The highest BCUT2D eigenvalue weighted by Gasteiger charge is 2.54. The summed E-state index contributed by atoms with van der Waals surface area (Å²) in [5, 5.41) is 4.16. The fraction of sp³-hybridized carbons (Fsp3) is 0.500. The van der Waals surface area contributed by atoms with Crippen molar-refractivity contribution in [3.8, 4) is 0 Å². The number of fused-ring (bicyclic) bond motifs is 1. The number of nitrogens with zero attached hydrogens (tertiary/aromatic N) is 3. The van der Waals surface area contributed by atoms with Crippen LogP contribution in [0.3, 0.4) is 0 Å². The fourth-order valence-electron chi connectivity index (χ4n) is 4.22. The lowest BCUT2D eigenvalue weighted by Crippen LogP contribution is -2.35. The Hall–Kier alpha value is -1.95. The standard InChI is InChI=1S/C18H19ClFN3O2/c1-2-15-21-17(22-25-15)18-7-3-4-12(18)9-23(10-18)16(24)11-5-6-14(20)13(19)8-11/h5-6,8,12H,2-4,7,9-10H2,1H3/t12-,18-/m1/s1. The van der Waals surface area contributed by atoms with E-state index >= 15 is 0 Å². The highest BCUT2D eigenvalue weighted by Crippen LogP contribution is 2.49. The largest absolute Gasteiger partial charge is 0.339 e. The molecule has 5 nitrogen and oxygen atoms in total. The molecule has 1 aromatic carbocycles. The molecule has 0 radical (unpaired) electrons. The molecule has 1 saturated heterocycles. The van der Waals surface area contributed by atoms with Crippen LogP contribution in [0.4, 0.5) is 4.39 Å². The van der Waals surface area contributed by atoms with E-state index in [0.29, 0.717) is 36.9 Å². The van der Waals surface area contributed by atoms with Gasteiger partial charge in [-0.1, -0.05) is 30.1 Å². The van der Waals surface area contributed by atoms with Gasteiger partial charge in [0.15, 0.2) is 5.82 Å². The number of hydrogen-bond donors (Lipinski definition) is 0. The van der Waals surface area contributed by atoms with Crippen LogP contribution in [0, 0.1) is 11.7 Å². The van der Waals surface area contributed by atoms with Gasteiger partial charge in [0.2, 0.25) is 5.89 Å². The molecule has 1 amide bonds. The first-order chi connectivity index (χ1) is 12.0. The van der Waals surface area contributed by atoms with Crippen LogP contribution in [-0.2, 0) is 11.8 Å². The molecule has 1 aliphatic carbocycles. The van der Waals surface area contributed by atoms with Gasteiger partial charge >= 0.3 is 0 Å². The number of amides is 1. The minimum atomic E-state index is -0.521. The molecule has 2 atom stereocenters. The number of likely N-dealkylation sites (tertiary alicyclic amines) is 1. The zero-order valence-electron chi connectivity index (χ0n) is 14.0. The van der Waals surface area contributed by atoms with Crippen molar-refractivity contribution in [3.63, 3.8) is 0 Å². The molecule has 132 valence electrons. The molecule has 2 aliphatic rings. The van der Waals surface area contributed by atoms with Crippen LogP contribution in [0.5, 0.6) is 0 Å². The summed E-state index contributed by atoms with van der Waals surface area (Å²) in [6.07, 6.45) is 3.80. The molecule has 25 heavy (non-hydrogen) atoms. The van der Waals surface area contributed by atoms with Crippen LogP contribution in [0.1, 0.15) is 48.3 Å². The number of aryl methyl sites for hydroxylation is 1. The van der Waals surface area contributed by atoms with Gasteiger partial charge in [-0.05, 0) is 37.0 Å². The summed E-state index contributed by atoms with van der Waals surface area (Å²) in [7, 11) is 0. The molecule has 7 heteroatoms. The predicted molar refractivity (Wildman–Crippen MR) is 90.0 cm³/mol. The maximum atomic E-state index is 13.4. The third kappa shape index (κ3) is 2.63. The summed E-state index contributed by atoms with van der Waals surface area (Å²) in [4.78, 5) is 19.2. The molecular weight excluding hydrogens is 345 g/mol. The van der Waals surface area contributed by atoms with Crippen LogP contribution in [0.15, 0.2) is 22.7 Å². The van der Waals surface area contributed by atoms with E-state index in [1.54, 1.807) is 0 Å². The second-order valence-corrected chi connectivity index (χ2v) is 7.33. The molecule has 0 unspecified atom stereocenters. The van der Waals surface area contributed by atoms with E-state index in [0.717, 1.165) is 25.1 Å². The molecule has 0 bridgehead atoms. The van der Waals surface area contributed by atoms with E-state index in [4.69, 9.17) is 16.1 Å². The van der Waals surface area contributed by atoms with E-state index in [9.17, 15) is 9.18 Å². The normalized spacial score (nSPS) is 25.4. The van der Waals surface area contributed by atoms with Crippen molar-refractivity contribution >= 4 is 17.5 Å². The van der Waals surface area contributed by atoms with Crippen LogP contribution in [0.25, 0.3) is 0 Å². The Balaban J connectivity index is 1.62. The van der Waals surface area contributed by atoms with E-state index < -0.39 is 5.82 Å². The SMILES string of the molecule is CCc1nc([C@@]23CCC[C@@H]2CN(C(=O)c2ccc(F)c(Cl)c2)C3)no1. The van der Waals surface area contributed by atoms with Crippen molar-refractivity contribution < 1.29 is 13.7 Å². The van der Waals surface area contributed by atoms with Crippen LogP contribution < -0.4 is 0 Å². The minimum absolute atomic E-state index is 0.0364. The first-order valence-corrected chi connectivity index (χ1v) is 8.98. The Morgan fingerprint density at radius 3 is 3.08 bits per heavy atom. The molecule has 1 aromatic heterocycles. The number of halogens is 2. The fourth-order valence-corrected chi connectivity index (χ4v) is 4.40. The van der Waals surface area contributed by atoms with Gasteiger partial charge in [-0.3, -0.25) is 4.79 Å². The van der Waals surface area contributed by atoms with Gasteiger partial charge in [0, 0.05) is 25.1 Å². The number of carbonyl (C=O) groups is 1. The first-order valence-electron chi connectivity index (χ1n) is 8.61. The highest BCUT2D eigenvalue weighted by molar-refractivity contribution is 6.31. The van der Waals surface area contributed by atoms with E-state index in [2.05, 4.69) is 10.1 Å². The number of hydrogen-bond acceptors (Lipinski definition) is 4. The molecule has 0 N–H and O–H groups in total. The monoisotopic (exact) mass is 363 g/mol. The average Bonchev–Trinajstić information content (AvgIpc) is 3.29. The topological polar surface area (TPSA) is 59.2 Å². The third-order valence-electron chi connectivity index (χ3n) is 5.54. The maximum Gasteiger partial charge on any atom is 0.253 e.